The molecule has 0 radical (unpaired) electrons. The van der Waals surface area contributed by atoms with Crippen LogP contribution in [0.1, 0.15) is 44.2 Å². The summed E-state index contributed by atoms with van der Waals surface area (Å²) in [6.45, 7) is 4.71. The Morgan fingerprint density at radius 3 is 2.74 bits per heavy atom. The van der Waals surface area contributed by atoms with E-state index in [1.165, 1.54) is 37.8 Å². The number of rotatable bonds is 5. The molecule has 1 fully saturated rings. The summed E-state index contributed by atoms with van der Waals surface area (Å²) in [5.74, 6) is 0. The molecule has 2 unspecified atom stereocenters. The minimum atomic E-state index is 0.523. The van der Waals surface area contributed by atoms with Gasteiger partial charge in [-0.05, 0) is 64.0 Å². The molecule has 1 aliphatic rings. The van der Waals surface area contributed by atoms with Gasteiger partial charge in [0.1, 0.15) is 0 Å². The number of nitrogens with one attached hydrogen (secondary N) is 1. The van der Waals surface area contributed by atoms with E-state index >= 15 is 0 Å². The van der Waals surface area contributed by atoms with Crippen LogP contribution in [0, 0.1) is 0 Å². The summed E-state index contributed by atoms with van der Waals surface area (Å²) in [5.41, 5.74) is 1.43. The molecule has 1 aliphatic heterocycles. The zero-order valence-corrected chi connectivity index (χ0v) is 13.6. The Labute approximate surface area is 125 Å². The highest BCUT2D eigenvalue weighted by molar-refractivity contribution is 9.10. The molecule has 0 spiro atoms. The third kappa shape index (κ3) is 4.04. The molecular weight excluding hydrogens is 300 g/mol. The molecule has 19 heavy (non-hydrogen) atoms. The van der Waals surface area contributed by atoms with Crippen molar-refractivity contribution in [3.8, 4) is 0 Å². The lowest BCUT2D eigenvalue weighted by Gasteiger charge is -2.40. The van der Waals surface area contributed by atoms with E-state index in [1.807, 2.05) is 7.05 Å². The van der Waals surface area contributed by atoms with Crippen LogP contribution in [0.4, 0.5) is 0 Å². The molecule has 106 valence electrons. The normalized spacial score (nSPS) is 22.4. The quantitative estimate of drug-likeness (QED) is 0.881. The molecule has 2 nitrogen and oxygen atoms in total. The van der Waals surface area contributed by atoms with E-state index in [0.29, 0.717) is 6.04 Å². The molecule has 1 saturated heterocycles. The fourth-order valence-electron chi connectivity index (χ4n) is 3.09. The lowest BCUT2D eigenvalue weighted by atomic mass is 9.95. The van der Waals surface area contributed by atoms with Crippen molar-refractivity contribution in [1.29, 1.82) is 0 Å². The van der Waals surface area contributed by atoms with Crippen LogP contribution >= 0.6 is 15.9 Å². The summed E-state index contributed by atoms with van der Waals surface area (Å²) in [4.78, 5) is 2.70. The van der Waals surface area contributed by atoms with Crippen molar-refractivity contribution in [2.24, 2.45) is 0 Å². The van der Waals surface area contributed by atoms with Gasteiger partial charge in [-0.15, -0.1) is 0 Å². The Kier molecular flexibility index (Phi) is 5.86. The highest BCUT2D eigenvalue weighted by Crippen LogP contribution is 2.30. The number of benzene rings is 1. The Morgan fingerprint density at radius 1 is 1.32 bits per heavy atom. The van der Waals surface area contributed by atoms with Gasteiger partial charge in [-0.25, -0.2) is 0 Å². The first kappa shape index (κ1) is 15.0. The Balaban J connectivity index is 2.05. The maximum atomic E-state index is 3.51. The average molecular weight is 325 g/mol. The number of hydrogen-bond donors (Lipinski definition) is 1. The van der Waals surface area contributed by atoms with Gasteiger partial charge in [0.2, 0.25) is 0 Å². The maximum Gasteiger partial charge on any atom is 0.0322 e. The van der Waals surface area contributed by atoms with Crippen molar-refractivity contribution in [2.75, 3.05) is 20.1 Å². The van der Waals surface area contributed by atoms with Crippen molar-refractivity contribution >= 4 is 15.9 Å². The summed E-state index contributed by atoms with van der Waals surface area (Å²) >= 11 is 3.51. The van der Waals surface area contributed by atoms with Gasteiger partial charge in [0.15, 0.2) is 0 Å². The zero-order chi connectivity index (χ0) is 13.7. The molecule has 2 rings (SSSR count). The van der Waals surface area contributed by atoms with Crippen molar-refractivity contribution in [1.82, 2.24) is 10.2 Å². The predicted molar refractivity (Wildman–Crippen MR) is 85.4 cm³/mol. The van der Waals surface area contributed by atoms with E-state index in [0.717, 1.165) is 17.1 Å². The first-order valence-corrected chi connectivity index (χ1v) is 8.17. The summed E-state index contributed by atoms with van der Waals surface area (Å²) < 4.78 is 1.16. The number of piperidine rings is 1. The number of nitrogens with zero attached hydrogens (tertiary/aromatic N) is 1. The van der Waals surface area contributed by atoms with Gasteiger partial charge < -0.3 is 5.32 Å². The Morgan fingerprint density at radius 2 is 2.05 bits per heavy atom. The molecule has 0 aliphatic carbocycles. The lowest BCUT2D eigenvalue weighted by Crippen LogP contribution is -2.42. The highest BCUT2D eigenvalue weighted by Gasteiger charge is 2.26. The minimum Gasteiger partial charge on any atom is -0.320 e. The number of halogens is 1. The first-order chi connectivity index (χ1) is 9.22. The monoisotopic (exact) mass is 324 g/mol. The van der Waals surface area contributed by atoms with E-state index in [1.54, 1.807) is 0 Å². The number of hydrogen-bond acceptors (Lipinski definition) is 2. The van der Waals surface area contributed by atoms with Gasteiger partial charge in [0.05, 0.1) is 0 Å². The van der Waals surface area contributed by atoms with Crippen LogP contribution in [0.15, 0.2) is 28.7 Å². The lowest BCUT2D eigenvalue weighted by molar-refractivity contribution is 0.0972. The van der Waals surface area contributed by atoms with Gasteiger partial charge in [0.25, 0.3) is 0 Å². The Hall–Kier alpha value is -0.380. The molecule has 0 aromatic heterocycles. The second kappa shape index (κ2) is 7.41. The highest BCUT2D eigenvalue weighted by atomic mass is 79.9. The summed E-state index contributed by atoms with van der Waals surface area (Å²) in [6, 6.07) is 10.1. The van der Waals surface area contributed by atoms with Gasteiger partial charge in [-0.3, -0.25) is 4.90 Å². The fourth-order valence-corrected chi connectivity index (χ4v) is 3.35. The van der Waals surface area contributed by atoms with Crippen LogP contribution in [0.2, 0.25) is 0 Å². The van der Waals surface area contributed by atoms with Gasteiger partial charge in [-0.1, -0.05) is 34.5 Å². The summed E-state index contributed by atoms with van der Waals surface area (Å²) in [6.07, 6.45) is 5.34. The van der Waals surface area contributed by atoms with E-state index in [9.17, 15) is 0 Å². The third-order valence-corrected chi connectivity index (χ3v) is 4.78. The predicted octanol–water partition coefficient (Wildman–Crippen LogP) is 3.97. The number of likely N-dealkylation sites (tertiary alicyclic amines) is 1. The van der Waals surface area contributed by atoms with Crippen LogP contribution in [-0.4, -0.2) is 31.1 Å². The molecule has 2 atom stereocenters. The van der Waals surface area contributed by atoms with Crippen molar-refractivity contribution < 1.29 is 0 Å². The molecule has 1 aromatic carbocycles. The Bertz CT molecular complexity index is 377. The van der Waals surface area contributed by atoms with Crippen LogP contribution in [-0.2, 0) is 0 Å². The molecule has 1 heterocycles. The second-order valence-electron chi connectivity index (χ2n) is 5.51. The molecule has 1 N–H and O–H groups in total. The van der Waals surface area contributed by atoms with Crippen LogP contribution in [0.25, 0.3) is 0 Å². The van der Waals surface area contributed by atoms with E-state index in [4.69, 9.17) is 0 Å². The van der Waals surface area contributed by atoms with Gasteiger partial charge in [0, 0.05) is 16.6 Å². The summed E-state index contributed by atoms with van der Waals surface area (Å²) in [7, 11) is 2.05. The van der Waals surface area contributed by atoms with E-state index in [2.05, 4.69) is 57.3 Å². The second-order valence-corrected chi connectivity index (χ2v) is 6.42. The standard InChI is InChI=1S/C16H25BrN2/c1-13(14-6-8-15(17)9-7-14)19-12-4-3-5-16(19)10-11-18-2/h6-9,13,16,18H,3-5,10-12H2,1-2H3. The molecular formula is C16H25BrN2. The fraction of sp³-hybridized carbons (Fsp3) is 0.625. The largest absolute Gasteiger partial charge is 0.320 e. The maximum absolute atomic E-state index is 3.51. The average Bonchev–Trinajstić information content (AvgIpc) is 2.45. The van der Waals surface area contributed by atoms with Crippen molar-refractivity contribution in [3.05, 3.63) is 34.3 Å². The minimum absolute atomic E-state index is 0.523. The topological polar surface area (TPSA) is 15.3 Å². The third-order valence-electron chi connectivity index (χ3n) is 4.25. The smallest absolute Gasteiger partial charge is 0.0322 e. The van der Waals surface area contributed by atoms with E-state index in [-0.39, 0.29) is 0 Å². The first-order valence-electron chi connectivity index (χ1n) is 7.38. The van der Waals surface area contributed by atoms with Gasteiger partial charge in [-0.2, -0.15) is 0 Å². The molecule has 0 saturated carbocycles. The van der Waals surface area contributed by atoms with Crippen LogP contribution < -0.4 is 5.32 Å². The molecule has 3 heteroatoms. The van der Waals surface area contributed by atoms with Gasteiger partial charge >= 0.3 is 0 Å². The SMILES string of the molecule is CNCCC1CCCCN1C(C)c1ccc(Br)cc1. The molecule has 0 bridgehead atoms. The van der Waals surface area contributed by atoms with Crippen molar-refractivity contribution in [2.45, 2.75) is 44.7 Å². The van der Waals surface area contributed by atoms with E-state index < -0.39 is 0 Å². The van der Waals surface area contributed by atoms with Crippen LogP contribution in [0.5, 0.6) is 0 Å². The van der Waals surface area contributed by atoms with Crippen LogP contribution in [0.3, 0.4) is 0 Å². The zero-order valence-electron chi connectivity index (χ0n) is 12.0. The molecule has 1 aromatic rings. The molecule has 0 amide bonds. The van der Waals surface area contributed by atoms with Crippen molar-refractivity contribution in [3.63, 3.8) is 0 Å². The summed E-state index contributed by atoms with van der Waals surface area (Å²) in [5, 5.41) is 3.29.